The molecule has 4 N–H and O–H groups in total. The van der Waals surface area contributed by atoms with Gasteiger partial charge in [-0.05, 0) is 25.5 Å². The molecule has 9 nitrogen and oxygen atoms in total. The summed E-state index contributed by atoms with van der Waals surface area (Å²) in [7, 11) is 0. The number of nitrogens with zero attached hydrogens (tertiary/aromatic N) is 4. The zero-order chi connectivity index (χ0) is 22.5. The number of hydrogen-bond donors (Lipinski definition) is 4. The number of H-pyrrole nitrogens is 1. The van der Waals surface area contributed by atoms with Gasteiger partial charge in [-0.3, -0.25) is 4.79 Å². The Morgan fingerprint density at radius 1 is 1.19 bits per heavy atom. The third-order valence-electron chi connectivity index (χ3n) is 4.52. The Hall–Kier alpha value is -3.50. The zero-order valence-corrected chi connectivity index (χ0v) is 19.0. The van der Waals surface area contributed by atoms with Crippen molar-refractivity contribution in [1.82, 2.24) is 24.9 Å². The Morgan fingerprint density at radius 3 is 2.81 bits per heavy atom. The molecule has 3 aromatic heterocycles. The summed E-state index contributed by atoms with van der Waals surface area (Å²) in [6.07, 6.45) is 5.77. The fourth-order valence-electron chi connectivity index (χ4n) is 2.98. The fourth-order valence-corrected chi connectivity index (χ4v) is 3.97. The van der Waals surface area contributed by atoms with Crippen LogP contribution in [0.4, 0.5) is 22.5 Å². The molecule has 0 unspecified atom stereocenters. The van der Waals surface area contributed by atoms with Crippen LogP contribution in [-0.4, -0.2) is 37.4 Å². The summed E-state index contributed by atoms with van der Waals surface area (Å²) in [5, 5.41) is 10.3. The van der Waals surface area contributed by atoms with Crippen LogP contribution in [-0.2, 0) is 6.42 Å². The topological polar surface area (TPSA) is 121 Å². The van der Waals surface area contributed by atoms with Crippen LogP contribution in [0, 0.1) is 13.8 Å². The molecule has 0 aliphatic rings. The molecule has 0 spiro atoms. The summed E-state index contributed by atoms with van der Waals surface area (Å²) in [6, 6.07) is 7.27. The number of hydrogen-bond acceptors (Lipinski definition) is 8. The van der Waals surface area contributed by atoms with Crippen molar-refractivity contribution in [2.45, 2.75) is 20.3 Å². The lowest BCUT2D eigenvalue weighted by Crippen LogP contribution is -2.11. The molecule has 4 aromatic rings. The number of aryl methyl sites for hydroxylation is 2. The van der Waals surface area contributed by atoms with Crippen molar-refractivity contribution in [3.63, 3.8) is 0 Å². The second-order valence-electron chi connectivity index (χ2n) is 6.98. The van der Waals surface area contributed by atoms with Crippen molar-refractivity contribution in [3.05, 3.63) is 70.0 Å². The molecule has 0 aliphatic carbocycles. The third kappa shape index (κ3) is 5.40. The first kappa shape index (κ1) is 21.7. The summed E-state index contributed by atoms with van der Waals surface area (Å²) in [5.74, 6) is 1.63. The van der Waals surface area contributed by atoms with Crippen molar-refractivity contribution in [2.24, 2.45) is 0 Å². The molecule has 11 heteroatoms. The number of rotatable bonds is 8. The van der Waals surface area contributed by atoms with E-state index in [1.165, 1.54) is 17.5 Å². The largest absolute Gasteiger partial charge is 0.370 e. The van der Waals surface area contributed by atoms with Gasteiger partial charge in [0.05, 0.1) is 23.2 Å². The second-order valence-corrected chi connectivity index (χ2v) is 8.42. The highest BCUT2D eigenvalue weighted by Gasteiger charge is 2.14. The van der Waals surface area contributed by atoms with Gasteiger partial charge in [-0.25, -0.2) is 19.9 Å². The van der Waals surface area contributed by atoms with E-state index in [2.05, 4.69) is 40.9 Å². The molecule has 0 saturated carbocycles. The predicted octanol–water partition coefficient (Wildman–Crippen LogP) is 4.58. The van der Waals surface area contributed by atoms with E-state index in [9.17, 15) is 4.79 Å². The smallest absolute Gasteiger partial charge is 0.267 e. The summed E-state index contributed by atoms with van der Waals surface area (Å²) >= 11 is 7.43. The van der Waals surface area contributed by atoms with Crippen LogP contribution in [0.3, 0.4) is 0 Å². The highest BCUT2D eigenvalue weighted by molar-refractivity contribution is 7.17. The van der Waals surface area contributed by atoms with Gasteiger partial charge in [0, 0.05) is 30.9 Å². The first-order valence-electron chi connectivity index (χ1n) is 9.84. The minimum absolute atomic E-state index is 0.271. The normalized spacial score (nSPS) is 10.7. The lowest BCUT2D eigenvalue weighted by molar-refractivity contribution is 0.103. The molecular formula is C21H21ClN8OS. The SMILES string of the molecule is Cc1nc(NCCc2cnc[nH]2)cc(Nc2ncc(C(=O)Nc3c(C)cccc3Cl)s2)n1. The number of aromatic amines is 1. The Balaban J connectivity index is 1.40. The Kier molecular flexibility index (Phi) is 6.62. The molecule has 0 radical (unpaired) electrons. The van der Waals surface area contributed by atoms with Crippen molar-refractivity contribution in [2.75, 3.05) is 22.5 Å². The molecule has 4 rings (SSSR count). The van der Waals surface area contributed by atoms with Crippen LogP contribution in [0.5, 0.6) is 0 Å². The van der Waals surface area contributed by atoms with E-state index in [1.54, 1.807) is 24.7 Å². The van der Waals surface area contributed by atoms with E-state index in [0.29, 0.717) is 44.7 Å². The van der Waals surface area contributed by atoms with Gasteiger partial charge in [-0.15, -0.1) is 0 Å². The highest BCUT2D eigenvalue weighted by Crippen LogP contribution is 2.28. The standard InChI is InChI=1S/C21H21ClN8OS/c1-12-4-3-5-15(22)19(12)30-20(31)16-10-25-21(32-16)29-18-8-17(27-13(2)28-18)24-7-6-14-9-23-11-26-14/h3-5,8-11H,6-7H2,1-2H3,(H,23,26)(H,30,31)(H2,24,25,27,28,29). The van der Waals surface area contributed by atoms with Crippen molar-refractivity contribution < 1.29 is 4.79 Å². The summed E-state index contributed by atoms with van der Waals surface area (Å²) in [4.78, 5) is 33.3. The summed E-state index contributed by atoms with van der Waals surface area (Å²) in [5.41, 5.74) is 2.53. The first-order chi connectivity index (χ1) is 15.5. The van der Waals surface area contributed by atoms with E-state index in [4.69, 9.17) is 11.6 Å². The quantitative estimate of drug-likeness (QED) is 0.298. The van der Waals surface area contributed by atoms with E-state index < -0.39 is 0 Å². The summed E-state index contributed by atoms with van der Waals surface area (Å²) < 4.78 is 0. The molecule has 1 aromatic carbocycles. The molecule has 0 bridgehead atoms. The van der Waals surface area contributed by atoms with E-state index >= 15 is 0 Å². The number of carbonyl (C=O) groups is 1. The van der Waals surface area contributed by atoms with Gasteiger partial charge in [0.1, 0.15) is 22.3 Å². The molecule has 164 valence electrons. The highest BCUT2D eigenvalue weighted by atomic mass is 35.5. The first-order valence-corrected chi connectivity index (χ1v) is 11.0. The number of benzene rings is 1. The van der Waals surface area contributed by atoms with E-state index in [0.717, 1.165) is 17.7 Å². The number of nitrogens with one attached hydrogen (secondary N) is 4. The number of para-hydroxylation sites is 1. The molecular weight excluding hydrogens is 448 g/mol. The van der Waals surface area contributed by atoms with Crippen LogP contribution < -0.4 is 16.0 Å². The maximum absolute atomic E-state index is 12.6. The molecule has 32 heavy (non-hydrogen) atoms. The Bertz CT molecular complexity index is 1200. The van der Waals surface area contributed by atoms with Gasteiger partial charge in [-0.1, -0.05) is 35.1 Å². The monoisotopic (exact) mass is 468 g/mol. The molecule has 0 atom stereocenters. The maximum Gasteiger partial charge on any atom is 0.267 e. The molecule has 0 fully saturated rings. The molecule has 1 amide bonds. The molecule has 0 aliphatic heterocycles. The minimum Gasteiger partial charge on any atom is -0.370 e. The third-order valence-corrected chi connectivity index (χ3v) is 5.74. The summed E-state index contributed by atoms with van der Waals surface area (Å²) in [6.45, 7) is 4.40. The Labute approximate surface area is 193 Å². The Morgan fingerprint density at radius 2 is 2.03 bits per heavy atom. The maximum atomic E-state index is 12.6. The zero-order valence-electron chi connectivity index (χ0n) is 17.4. The number of aromatic nitrogens is 5. The number of anilines is 4. The van der Waals surface area contributed by atoms with Crippen LogP contribution in [0.25, 0.3) is 0 Å². The van der Waals surface area contributed by atoms with Crippen LogP contribution in [0.2, 0.25) is 5.02 Å². The van der Waals surface area contributed by atoms with E-state index in [1.807, 2.05) is 26.0 Å². The number of halogens is 1. The second kappa shape index (κ2) is 9.75. The fraction of sp³-hybridized carbons (Fsp3) is 0.190. The number of amides is 1. The van der Waals surface area contributed by atoms with Crippen molar-refractivity contribution >= 4 is 51.3 Å². The molecule has 3 heterocycles. The van der Waals surface area contributed by atoms with Gasteiger partial charge in [0.2, 0.25) is 0 Å². The van der Waals surface area contributed by atoms with Gasteiger partial charge in [0.15, 0.2) is 5.13 Å². The van der Waals surface area contributed by atoms with Crippen LogP contribution in [0.15, 0.2) is 43.0 Å². The van der Waals surface area contributed by atoms with Gasteiger partial charge in [-0.2, -0.15) is 0 Å². The predicted molar refractivity (Wildman–Crippen MR) is 127 cm³/mol. The lowest BCUT2D eigenvalue weighted by atomic mass is 10.2. The molecule has 0 saturated heterocycles. The number of thiazole rings is 1. The van der Waals surface area contributed by atoms with Crippen molar-refractivity contribution in [1.29, 1.82) is 0 Å². The van der Waals surface area contributed by atoms with Gasteiger partial charge < -0.3 is 20.9 Å². The number of carbonyl (C=O) groups excluding carboxylic acids is 1. The average molecular weight is 469 g/mol. The van der Waals surface area contributed by atoms with Crippen molar-refractivity contribution in [3.8, 4) is 0 Å². The van der Waals surface area contributed by atoms with Crippen LogP contribution in [0.1, 0.15) is 26.8 Å². The lowest BCUT2D eigenvalue weighted by Gasteiger charge is -2.09. The van der Waals surface area contributed by atoms with E-state index in [-0.39, 0.29) is 5.91 Å². The number of imidazole rings is 1. The average Bonchev–Trinajstić information content (AvgIpc) is 3.43. The minimum atomic E-state index is -0.271. The van der Waals surface area contributed by atoms with Crippen LogP contribution >= 0.6 is 22.9 Å². The van der Waals surface area contributed by atoms with Gasteiger partial charge in [0.25, 0.3) is 5.91 Å². The van der Waals surface area contributed by atoms with Gasteiger partial charge >= 0.3 is 0 Å².